The fraction of sp³-hybridized carbons (Fsp3) is 0.200. The lowest BCUT2D eigenvalue weighted by atomic mass is 10.1. The van der Waals surface area contributed by atoms with Gasteiger partial charge in [-0.1, -0.05) is 6.07 Å². The Kier molecular flexibility index (Phi) is 4.20. The lowest BCUT2D eigenvalue weighted by Crippen LogP contribution is -2.10. The largest absolute Gasteiger partial charge is 0.465 e. The number of benzene rings is 1. The monoisotopic (exact) mass is 271 g/mol. The number of methoxy groups -OCH3 is 1. The fourth-order valence-corrected chi connectivity index (χ4v) is 1.87. The van der Waals surface area contributed by atoms with Gasteiger partial charge in [0, 0.05) is 12.4 Å². The molecule has 20 heavy (non-hydrogen) atoms. The molecule has 0 saturated carbocycles. The summed E-state index contributed by atoms with van der Waals surface area (Å²) in [6.07, 6.45) is 3.51. The van der Waals surface area contributed by atoms with E-state index < -0.39 is 0 Å². The summed E-state index contributed by atoms with van der Waals surface area (Å²) in [6, 6.07) is 8.89. The molecule has 0 spiro atoms. The van der Waals surface area contributed by atoms with E-state index in [1.807, 2.05) is 19.1 Å². The maximum absolute atomic E-state index is 11.5. The van der Waals surface area contributed by atoms with Crippen LogP contribution >= 0.6 is 0 Å². The zero-order valence-corrected chi connectivity index (χ0v) is 11.5. The molecule has 104 valence electrons. The highest BCUT2D eigenvalue weighted by Gasteiger charge is 2.11. The number of nitrogens with zero attached hydrogens (tertiary/aromatic N) is 1. The van der Waals surface area contributed by atoms with Crippen molar-refractivity contribution in [1.29, 1.82) is 0 Å². The first-order valence-electron chi connectivity index (χ1n) is 6.26. The number of nitrogens with one attached hydrogen (secondary N) is 1. The molecule has 0 amide bonds. The van der Waals surface area contributed by atoms with Gasteiger partial charge in [-0.05, 0) is 36.8 Å². The summed E-state index contributed by atoms with van der Waals surface area (Å²) >= 11 is 0. The molecule has 1 unspecified atom stereocenters. The van der Waals surface area contributed by atoms with Crippen LogP contribution in [0.2, 0.25) is 0 Å². The van der Waals surface area contributed by atoms with Crippen molar-refractivity contribution in [1.82, 2.24) is 4.98 Å². The molecule has 2 rings (SSSR count). The Hall–Kier alpha value is -2.56. The first-order valence-corrected chi connectivity index (χ1v) is 6.26. The number of ether oxygens (including phenoxy) is 1. The number of hydrogen-bond donors (Lipinski definition) is 2. The molecule has 1 atom stereocenters. The van der Waals surface area contributed by atoms with E-state index in [1.54, 1.807) is 30.6 Å². The van der Waals surface area contributed by atoms with Crippen molar-refractivity contribution in [3.8, 4) is 0 Å². The molecule has 1 heterocycles. The molecular formula is C15H17N3O2. The summed E-state index contributed by atoms with van der Waals surface area (Å²) in [5, 5.41) is 3.27. The van der Waals surface area contributed by atoms with Crippen molar-refractivity contribution < 1.29 is 9.53 Å². The van der Waals surface area contributed by atoms with Gasteiger partial charge in [-0.15, -0.1) is 0 Å². The van der Waals surface area contributed by atoms with Gasteiger partial charge in [-0.3, -0.25) is 4.98 Å². The van der Waals surface area contributed by atoms with Crippen LogP contribution in [0.4, 0.5) is 11.4 Å². The minimum atomic E-state index is -0.387. The average Bonchev–Trinajstić information content (AvgIpc) is 2.49. The van der Waals surface area contributed by atoms with Crippen LogP contribution in [0.5, 0.6) is 0 Å². The number of aromatic nitrogens is 1. The molecule has 0 bridgehead atoms. The number of carbonyl (C=O) groups excluding carboxylic acids is 1. The van der Waals surface area contributed by atoms with Crippen LogP contribution in [0.1, 0.15) is 28.9 Å². The standard InChI is InChI=1S/C15H17N3O2/c1-10(12-4-3-7-17-9-12)18-14-8-11(15(19)20-2)5-6-13(14)16/h3-10,18H,16H2,1-2H3. The van der Waals surface area contributed by atoms with Crippen molar-refractivity contribution in [2.45, 2.75) is 13.0 Å². The molecule has 1 aromatic carbocycles. The van der Waals surface area contributed by atoms with Crippen LogP contribution in [0.15, 0.2) is 42.7 Å². The summed E-state index contributed by atoms with van der Waals surface area (Å²) in [5.74, 6) is -0.387. The predicted molar refractivity (Wildman–Crippen MR) is 78.5 cm³/mol. The minimum absolute atomic E-state index is 0.0268. The first-order chi connectivity index (χ1) is 9.61. The number of carbonyl (C=O) groups is 1. The molecular weight excluding hydrogens is 254 g/mol. The Bertz CT molecular complexity index is 599. The Morgan fingerprint density at radius 2 is 2.20 bits per heavy atom. The quantitative estimate of drug-likeness (QED) is 0.660. The topological polar surface area (TPSA) is 77.2 Å². The number of hydrogen-bond acceptors (Lipinski definition) is 5. The molecule has 0 saturated heterocycles. The van der Waals surface area contributed by atoms with E-state index >= 15 is 0 Å². The van der Waals surface area contributed by atoms with Crippen molar-refractivity contribution in [2.24, 2.45) is 0 Å². The van der Waals surface area contributed by atoms with E-state index in [9.17, 15) is 4.79 Å². The van der Waals surface area contributed by atoms with E-state index in [2.05, 4.69) is 10.3 Å². The number of pyridine rings is 1. The van der Waals surface area contributed by atoms with Gasteiger partial charge >= 0.3 is 5.97 Å². The zero-order chi connectivity index (χ0) is 14.5. The zero-order valence-electron chi connectivity index (χ0n) is 11.5. The normalized spacial score (nSPS) is 11.7. The van der Waals surface area contributed by atoms with Crippen LogP contribution in [-0.4, -0.2) is 18.1 Å². The molecule has 3 N–H and O–H groups in total. The number of anilines is 2. The minimum Gasteiger partial charge on any atom is -0.465 e. The van der Waals surface area contributed by atoms with Gasteiger partial charge in [0.2, 0.25) is 0 Å². The predicted octanol–water partition coefficient (Wildman–Crippen LogP) is 2.62. The second-order valence-corrected chi connectivity index (χ2v) is 4.45. The highest BCUT2D eigenvalue weighted by atomic mass is 16.5. The smallest absolute Gasteiger partial charge is 0.337 e. The summed E-state index contributed by atoms with van der Waals surface area (Å²) in [4.78, 5) is 15.6. The van der Waals surface area contributed by atoms with Gasteiger partial charge in [0.05, 0.1) is 30.1 Å². The third kappa shape index (κ3) is 3.06. The third-order valence-corrected chi connectivity index (χ3v) is 3.03. The van der Waals surface area contributed by atoms with Crippen LogP contribution in [0, 0.1) is 0 Å². The van der Waals surface area contributed by atoms with E-state index in [1.165, 1.54) is 7.11 Å². The Labute approximate surface area is 117 Å². The van der Waals surface area contributed by atoms with Crippen LogP contribution in [0.3, 0.4) is 0 Å². The van der Waals surface area contributed by atoms with Crippen molar-refractivity contribution >= 4 is 17.3 Å². The van der Waals surface area contributed by atoms with Crippen molar-refractivity contribution in [3.05, 3.63) is 53.9 Å². The van der Waals surface area contributed by atoms with Crippen LogP contribution in [0.25, 0.3) is 0 Å². The van der Waals surface area contributed by atoms with Gasteiger partial charge in [0.25, 0.3) is 0 Å². The molecule has 1 aromatic heterocycles. The van der Waals surface area contributed by atoms with Gasteiger partial charge in [0.15, 0.2) is 0 Å². The Balaban J connectivity index is 2.22. The van der Waals surface area contributed by atoms with E-state index in [0.717, 1.165) is 5.56 Å². The van der Waals surface area contributed by atoms with Gasteiger partial charge in [-0.25, -0.2) is 4.79 Å². The van der Waals surface area contributed by atoms with Gasteiger partial charge in [-0.2, -0.15) is 0 Å². The second kappa shape index (κ2) is 6.06. The Morgan fingerprint density at radius 3 is 2.85 bits per heavy atom. The summed E-state index contributed by atoms with van der Waals surface area (Å²) < 4.78 is 4.70. The molecule has 0 radical (unpaired) electrons. The summed E-state index contributed by atoms with van der Waals surface area (Å²) in [6.45, 7) is 2.00. The van der Waals surface area contributed by atoms with Crippen molar-refractivity contribution in [3.63, 3.8) is 0 Å². The van der Waals surface area contributed by atoms with Crippen LogP contribution in [-0.2, 0) is 4.74 Å². The highest BCUT2D eigenvalue weighted by molar-refractivity contribution is 5.92. The molecule has 0 aliphatic heterocycles. The van der Waals surface area contributed by atoms with Gasteiger partial charge in [0.1, 0.15) is 0 Å². The van der Waals surface area contributed by atoms with E-state index in [-0.39, 0.29) is 12.0 Å². The number of rotatable bonds is 4. The van der Waals surface area contributed by atoms with Crippen molar-refractivity contribution in [2.75, 3.05) is 18.2 Å². The third-order valence-electron chi connectivity index (χ3n) is 3.03. The SMILES string of the molecule is COC(=O)c1ccc(N)c(NC(C)c2cccnc2)c1. The Morgan fingerprint density at radius 1 is 1.40 bits per heavy atom. The lowest BCUT2D eigenvalue weighted by molar-refractivity contribution is 0.0601. The van der Waals surface area contributed by atoms with E-state index in [0.29, 0.717) is 16.9 Å². The molecule has 5 heteroatoms. The first kappa shape index (κ1) is 13.9. The molecule has 5 nitrogen and oxygen atoms in total. The molecule has 2 aromatic rings. The maximum Gasteiger partial charge on any atom is 0.337 e. The molecule has 0 fully saturated rings. The lowest BCUT2D eigenvalue weighted by Gasteiger charge is -2.17. The number of esters is 1. The molecule has 0 aliphatic rings. The summed E-state index contributed by atoms with van der Waals surface area (Å²) in [7, 11) is 1.35. The molecule has 0 aliphatic carbocycles. The van der Waals surface area contributed by atoms with Gasteiger partial charge < -0.3 is 15.8 Å². The number of nitrogen functional groups attached to an aromatic ring is 1. The average molecular weight is 271 g/mol. The van der Waals surface area contributed by atoms with Crippen LogP contribution < -0.4 is 11.1 Å². The number of nitrogens with two attached hydrogens (primary N) is 1. The van der Waals surface area contributed by atoms with E-state index in [4.69, 9.17) is 10.5 Å². The highest BCUT2D eigenvalue weighted by Crippen LogP contribution is 2.25. The summed E-state index contributed by atoms with van der Waals surface area (Å²) in [5.41, 5.74) is 8.70. The maximum atomic E-state index is 11.5. The fourth-order valence-electron chi connectivity index (χ4n) is 1.87. The second-order valence-electron chi connectivity index (χ2n) is 4.45.